The summed E-state index contributed by atoms with van der Waals surface area (Å²) in [6, 6.07) is 28.6. The molecule has 4 aromatic rings. The monoisotopic (exact) mass is 311 g/mol. The maximum Gasteiger partial charge on any atom is 0.0841 e. The van der Waals surface area contributed by atoms with E-state index in [9.17, 15) is 0 Å². The van der Waals surface area contributed by atoms with Crippen molar-refractivity contribution in [2.24, 2.45) is 0 Å². The van der Waals surface area contributed by atoms with Crippen molar-refractivity contribution in [2.75, 3.05) is 0 Å². The van der Waals surface area contributed by atoms with Crippen molar-refractivity contribution >= 4 is 10.9 Å². The first-order chi connectivity index (χ1) is 11.7. The van der Waals surface area contributed by atoms with Crippen LogP contribution in [0.5, 0.6) is 0 Å². The molecule has 0 N–H and O–H groups in total. The molecule has 0 amide bonds. The van der Waals surface area contributed by atoms with Crippen LogP contribution in [0.2, 0.25) is 0 Å². The SMILES string of the molecule is Cc1ccc(C(c2ccccc2C)n2ccc3ccccc32)cc1. The Morgan fingerprint density at radius 3 is 2.21 bits per heavy atom. The first kappa shape index (κ1) is 14.8. The van der Waals surface area contributed by atoms with Gasteiger partial charge in [0.25, 0.3) is 0 Å². The highest BCUT2D eigenvalue weighted by Crippen LogP contribution is 2.32. The maximum atomic E-state index is 2.39. The molecule has 3 aromatic carbocycles. The van der Waals surface area contributed by atoms with Crippen LogP contribution in [0.1, 0.15) is 28.3 Å². The van der Waals surface area contributed by atoms with Crippen LogP contribution in [0.25, 0.3) is 10.9 Å². The van der Waals surface area contributed by atoms with E-state index in [1.165, 1.54) is 33.2 Å². The summed E-state index contributed by atoms with van der Waals surface area (Å²) >= 11 is 0. The van der Waals surface area contributed by atoms with Gasteiger partial charge in [-0.25, -0.2) is 0 Å². The number of rotatable bonds is 3. The zero-order chi connectivity index (χ0) is 16.5. The molecule has 1 heteroatoms. The molecule has 4 rings (SSSR count). The van der Waals surface area contributed by atoms with Gasteiger partial charge in [0, 0.05) is 11.7 Å². The van der Waals surface area contributed by atoms with Gasteiger partial charge in [0.05, 0.1) is 6.04 Å². The summed E-state index contributed by atoms with van der Waals surface area (Å²) in [5, 5.41) is 1.28. The molecule has 118 valence electrons. The summed E-state index contributed by atoms with van der Waals surface area (Å²) in [4.78, 5) is 0. The smallest absolute Gasteiger partial charge is 0.0841 e. The van der Waals surface area contributed by atoms with Gasteiger partial charge < -0.3 is 4.57 Å². The fraction of sp³-hybridized carbons (Fsp3) is 0.130. The number of para-hydroxylation sites is 1. The van der Waals surface area contributed by atoms with E-state index >= 15 is 0 Å². The van der Waals surface area contributed by atoms with E-state index in [1.807, 2.05) is 0 Å². The number of nitrogens with zero attached hydrogens (tertiary/aromatic N) is 1. The van der Waals surface area contributed by atoms with Crippen molar-refractivity contribution in [3.63, 3.8) is 0 Å². The second-order valence-electron chi connectivity index (χ2n) is 6.45. The lowest BCUT2D eigenvalue weighted by atomic mass is 9.94. The average Bonchev–Trinajstić information content (AvgIpc) is 3.02. The molecule has 0 spiro atoms. The van der Waals surface area contributed by atoms with Gasteiger partial charge in [-0.1, -0.05) is 72.3 Å². The van der Waals surface area contributed by atoms with Gasteiger partial charge in [-0.15, -0.1) is 0 Å². The Morgan fingerprint density at radius 1 is 0.708 bits per heavy atom. The Morgan fingerprint density at radius 2 is 1.42 bits per heavy atom. The summed E-state index contributed by atoms with van der Waals surface area (Å²) in [7, 11) is 0. The van der Waals surface area contributed by atoms with E-state index in [4.69, 9.17) is 0 Å². The highest BCUT2D eigenvalue weighted by molar-refractivity contribution is 5.80. The number of hydrogen-bond donors (Lipinski definition) is 0. The average molecular weight is 311 g/mol. The lowest BCUT2D eigenvalue weighted by Gasteiger charge is -2.23. The molecule has 1 nitrogen and oxygen atoms in total. The summed E-state index contributed by atoms with van der Waals surface area (Å²) in [5.41, 5.74) is 6.55. The van der Waals surface area contributed by atoms with Gasteiger partial charge in [-0.05, 0) is 48.1 Å². The zero-order valence-corrected chi connectivity index (χ0v) is 14.1. The molecular formula is C23H21N. The quantitative estimate of drug-likeness (QED) is 0.444. The maximum absolute atomic E-state index is 2.39. The normalized spacial score (nSPS) is 12.4. The van der Waals surface area contributed by atoms with E-state index in [0.29, 0.717) is 0 Å². The van der Waals surface area contributed by atoms with E-state index in [2.05, 4.69) is 103 Å². The summed E-state index contributed by atoms with van der Waals surface area (Å²) in [5.74, 6) is 0. The van der Waals surface area contributed by atoms with Gasteiger partial charge in [-0.3, -0.25) is 0 Å². The Hall–Kier alpha value is -2.80. The second kappa shape index (κ2) is 6.01. The molecule has 1 aromatic heterocycles. The van der Waals surface area contributed by atoms with E-state index in [-0.39, 0.29) is 6.04 Å². The molecule has 1 unspecified atom stereocenters. The molecule has 0 aliphatic heterocycles. The molecule has 0 radical (unpaired) electrons. The van der Waals surface area contributed by atoms with Crippen molar-refractivity contribution in [3.05, 3.63) is 107 Å². The van der Waals surface area contributed by atoms with Crippen LogP contribution >= 0.6 is 0 Å². The first-order valence-corrected chi connectivity index (χ1v) is 8.42. The Bertz CT molecular complexity index is 976. The number of aromatic nitrogens is 1. The number of hydrogen-bond acceptors (Lipinski definition) is 0. The number of fused-ring (bicyclic) bond motifs is 1. The Labute approximate surface area is 143 Å². The molecule has 1 atom stereocenters. The van der Waals surface area contributed by atoms with Gasteiger partial charge >= 0.3 is 0 Å². The van der Waals surface area contributed by atoms with E-state index < -0.39 is 0 Å². The molecule has 0 aliphatic carbocycles. The fourth-order valence-electron chi connectivity index (χ4n) is 3.46. The minimum absolute atomic E-state index is 0.187. The third-order valence-corrected chi connectivity index (χ3v) is 4.78. The van der Waals surface area contributed by atoms with Crippen molar-refractivity contribution < 1.29 is 0 Å². The zero-order valence-electron chi connectivity index (χ0n) is 14.1. The van der Waals surface area contributed by atoms with Crippen LogP contribution in [0, 0.1) is 13.8 Å². The molecule has 0 saturated heterocycles. The molecule has 24 heavy (non-hydrogen) atoms. The Kier molecular flexibility index (Phi) is 3.70. The molecular weight excluding hydrogens is 290 g/mol. The van der Waals surface area contributed by atoms with Crippen LogP contribution in [0.3, 0.4) is 0 Å². The summed E-state index contributed by atoms with van der Waals surface area (Å²) in [6.07, 6.45) is 2.21. The molecule has 0 saturated carbocycles. The van der Waals surface area contributed by atoms with Gasteiger partial charge in [0.2, 0.25) is 0 Å². The van der Waals surface area contributed by atoms with E-state index in [1.54, 1.807) is 0 Å². The first-order valence-electron chi connectivity index (χ1n) is 8.42. The minimum Gasteiger partial charge on any atom is -0.336 e. The van der Waals surface area contributed by atoms with Crippen LogP contribution in [-0.2, 0) is 0 Å². The fourth-order valence-corrected chi connectivity index (χ4v) is 3.46. The Balaban J connectivity index is 1.97. The largest absolute Gasteiger partial charge is 0.336 e. The molecule has 0 fully saturated rings. The summed E-state index contributed by atoms with van der Waals surface area (Å²) < 4.78 is 2.39. The highest BCUT2D eigenvalue weighted by Gasteiger charge is 2.19. The number of aryl methyl sites for hydroxylation is 2. The van der Waals surface area contributed by atoms with E-state index in [0.717, 1.165) is 0 Å². The number of benzene rings is 3. The van der Waals surface area contributed by atoms with Gasteiger partial charge in [0.1, 0.15) is 0 Å². The molecule has 0 bridgehead atoms. The van der Waals surface area contributed by atoms with Crippen molar-refractivity contribution in [1.29, 1.82) is 0 Å². The molecule has 1 heterocycles. The van der Waals surface area contributed by atoms with Crippen LogP contribution < -0.4 is 0 Å². The predicted molar refractivity (Wildman–Crippen MR) is 102 cm³/mol. The lowest BCUT2D eigenvalue weighted by molar-refractivity contribution is 0.700. The third kappa shape index (κ3) is 2.52. The highest BCUT2D eigenvalue weighted by atomic mass is 15.0. The van der Waals surface area contributed by atoms with Crippen molar-refractivity contribution in [3.8, 4) is 0 Å². The van der Waals surface area contributed by atoms with Crippen molar-refractivity contribution in [1.82, 2.24) is 4.57 Å². The topological polar surface area (TPSA) is 4.93 Å². The summed E-state index contributed by atoms with van der Waals surface area (Å²) in [6.45, 7) is 4.33. The van der Waals surface area contributed by atoms with Crippen LogP contribution in [0.4, 0.5) is 0 Å². The van der Waals surface area contributed by atoms with Crippen LogP contribution in [-0.4, -0.2) is 4.57 Å². The van der Waals surface area contributed by atoms with Gasteiger partial charge in [0.15, 0.2) is 0 Å². The third-order valence-electron chi connectivity index (χ3n) is 4.78. The lowest BCUT2D eigenvalue weighted by Crippen LogP contribution is -2.12. The molecule has 0 aliphatic rings. The van der Waals surface area contributed by atoms with Crippen LogP contribution in [0.15, 0.2) is 85.1 Å². The second-order valence-corrected chi connectivity index (χ2v) is 6.45. The minimum atomic E-state index is 0.187. The predicted octanol–water partition coefficient (Wildman–Crippen LogP) is 5.90. The van der Waals surface area contributed by atoms with Gasteiger partial charge in [-0.2, -0.15) is 0 Å². The standard InChI is InChI=1S/C23H21N/c1-17-11-13-20(14-12-17)23(21-9-5-3-7-18(21)2)24-16-15-19-8-4-6-10-22(19)24/h3-16,23H,1-2H3. The van der Waals surface area contributed by atoms with Crippen molar-refractivity contribution in [2.45, 2.75) is 19.9 Å².